The lowest BCUT2D eigenvalue weighted by molar-refractivity contribution is -0.134. The number of likely N-dealkylation sites (tertiary alicyclic amines) is 1. The first-order valence-corrected chi connectivity index (χ1v) is 12.6. The molecule has 1 aromatic carbocycles. The summed E-state index contributed by atoms with van der Waals surface area (Å²) < 4.78 is 27.6. The third kappa shape index (κ3) is 4.79. The molecule has 8 heteroatoms. The molecular weight excluding hydrogens is 410 g/mol. The van der Waals surface area contributed by atoms with Gasteiger partial charge >= 0.3 is 0 Å². The molecule has 1 saturated carbocycles. The lowest BCUT2D eigenvalue weighted by atomic mass is 10.1. The number of rotatable bonds is 7. The summed E-state index contributed by atoms with van der Waals surface area (Å²) in [6.07, 6.45) is 6.36. The zero-order valence-corrected chi connectivity index (χ0v) is 18.4. The molecule has 4 rings (SSSR count). The van der Waals surface area contributed by atoms with Gasteiger partial charge in [-0.15, -0.1) is 0 Å². The van der Waals surface area contributed by atoms with Crippen molar-refractivity contribution in [2.45, 2.75) is 49.5 Å². The van der Waals surface area contributed by atoms with Crippen LogP contribution in [0.4, 0.5) is 0 Å². The van der Waals surface area contributed by atoms with Gasteiger partial charge in [-0.25, -0.2) is 8.42 Å². The highest BCUT2D eigenvalue weighted by atomic mass is 35.5. The molecule has 6 nitrogen and oxygen atoms in total. The maximum absolute atomic E-state index is 13.1. The van der Waals surface area contributed by atoms with Crippen LogP contribution in [0.25, 0.3) is 0 Å². The van der Waals surface area contributed by atoms with Gasteiger partial charge in [0.1, 0.15) is 4.90 Å². The summed E-state index contributed by atoms with van der Waals surface area (Å²) in [4.78, 5) is 17.5. The van der Waals surface area contributed by atoms with Crippen LogP contribution in [0.5, 0.6) is 0 Å². The second-order valence-corrected chi connectivity index (χ2v) is 10.8. The minimum Gasteiger partial charge on any atom is -0.337 e. The van der Waals surface area contributed by atoms with Crippen molar-refractivity contribution in [2.24, 2.45) is 5.92 Å². The number of carbonyl (C=O) groups is 1. The summed E-state index contributed by atoms with van der Waals surface area (Å²) in [5, 5.41) is 0.243. The molecule has 0 bridgehead atoms. The SMILES string of the molecule is O=C(C1CC1)N(CCN1CCCCC1)C1CCN(S(=O)(=O)c2ccccc2Cl)C1. The first-order valence-electron chi connectivity index (χ1n) is 10.7. The van der Waals surface area contributed by atoms with E-state index in [0.29, 0.717) is 26.1 Å². The minimum atomic E-state index is -3.65. The quantitative estimate of drug-likeness (QED) is 0.655. The van der Waals surface area contributed by atoms with Crippen molar-refractivity contribution < 1.29 is 13.2 Å². The summed E-state index contributed by atoms with van der Waals surface area (Å²) in [6, 6.07) is 6.52. The number of amides is 1. The van der Waals surface area contributed by atoms with E-state index in [4.69, 9.17) is 11.6 Å². The third-order valence-corrected chi connectivity index (χ3v) is 8.70. The van der Waals surface area contributed by atoms with Crippen LogP contribution >= 0.6 is 11.6 Å². The van der Waals surface area contributed by atoms with Gasteiger partial charge in [-0.2, -0.15) is 4.31 Å². The molecule has 1 aliphatic carbocycles. The van der Waals surface area contributed by atoms with E-state index in [2.05, 4.69) is 4.90 Å². The molecule has 0 radical (unpaired) electrons. The number of piperidine rings is 1. The van der Waals surface area contributed by atoms with Crippen molar-refractivity contribution in [3.63, 3.8) is 0 Å². The van der Waals surface area contributed by atoms with E-state index in [1.54, 1.807) is 24.3 Å². The maximum Gasteiger partial charge on any atom is 0.244 e. The monoisotopic (exact) mass is 439 g/mol. The predicted octanol–water partition coefficient (Wildman–Crippen LogP) is 2.83. The van der Waals surface area contributed by atoms with Crippen LogP contribution in [0.15, 0.2) is 29.2 Å². The summed E-state index contributed by atoms with van der Waals surface area (Å²) >= 11 is 6.15. The summed E-state index contributed by atoms with van der Waals surface area (Å²) in [7, 11) is -3.65. The number of benzene rings is 1. The molecule has 1 amide bonds. The van der Waals surface area contributed by atoms with Crippen LogP contribution in [0.3, 0.4) is 0 Å². The maximum atomic E-state index is 13.1. The van der Waals surface area contributed by atoms with Crippen LogP contribution in [0.1, 0.15) is 38.5 Å². The highest BCUT2D eigenvalue weighted by molar-refractivity contribution is 7.89. The van der Waals surface area contributed by atoms with Gasteiger partial charge < -0.3 is 9.80 Å². The second-order valence-electron chi connectivity index (χ2n) is 8.44. The Labute approximate surface area is 178 Å². The molecule has 2 aliphatic heterocycles. The molecule has 3 aliphatic rings. The average molecular weight is 440 g/mol. The van der Waals surface area contributed by atoms with Crippen LogP contribution in [-0.4, -0.2) is 73.7 Å². The molecule has 2 heterocycles. The largest absolute Gasteiger partial charge is 0.337 e. The Bertz CT molecular complexity index is 837. The molecular formula is C21H30ClN3O3S. The third-order valence-electron chi connectivity index (χ3n) is 6.34. The van der Waals surface area contributed by atoms with Crippen molar-refractivity contribution >= 4 is 27.5 Å². The Morgan fingerprint density at radius 2 is 1.79 bits per heavy atom. The lowest BCUT2D eigenvalue weighted by Gasteiger charge is -2.33. The van der Waals surface area contributed by atoms with Gasteiger partial charge in [-0.05, 0) is 57.3 Å². The van der Waals surface area contributed by atoms with Crippen molar-refractivity contribution in [1.29, 1.82) is 0 Å². The fraction of sp³-hybridized carbons (Fsp3) is 0.667. The molecule has 1 aromatic rings. The number of nitrogens with zero attached hydrogens (tertiary/aromatic N) is 3. The Balaban J connectivity index is 1.45. The Morgan fingerprint density at radius 1 is 1.07 bits per heavy atom. The van der Waals surface area contributed by atoms with E-state index >= 15 is 0 Å². The minimum absolute atomic E-state index is 0.0508. The summed E-state index contributed by atoms with van der Waals surface area (Å²) in [6.45, 7) is 4.56. The normalized spacial score (nSPS) is 24.0. The number of carbonyl (C=O) groups excluding carboxylic acids is 1. The van der Waals surface area contributed by atoms with E-state index in [9.17, 15) is 13.2 Å². The van der Waals surface area contributed by atoms with Crippen molar-refractivity contribution in [1.82, 2.24) is 14.1 Å². The molecule has 3 fully saturated rings. The second kappa shape index (κ2) is 8.92. The number of hydrogen-bond donors (Lipinski definition) is 0. The van der Waals surface area contributed by atoms with Crippen LogP contribution < -0.4 is 0 Å². The van der Waals surface area contributed by atoms with Crippen molar-refractivity contribution in [2.75, 3.05) is 39.3 Å². The summed E-state index contributed by atoms with van der Waals surface area (Å²) in [5.41, 5.74) is 0. The Morgan fingerprint density at radius 3 is 2.48 bits per heavy atom. The Kier molecular flexibility index (Phi) is 6.49. The Hall–Kier alpha value is -1.15. The smallest absolute Gasteiger partial charge is 0.244 e. The predicted molar refractivity (Wildman–Crippen MR) is 113 cm³/mol. The highest BCUT2D eigenvalue weighted by Crippen LogP contribution is 2.34. The van der Waals surface area contributed by atoms with Gasteiger partial charge in [0.2, 0.25) is 15.9 Å². The van der Waals surface area contributed by atoms with E-state index < -0.39 is 10.0 Å². The van der Waals surface area contributed by atoms with E-state index in [1.807, 2.05) is 4.90 Å². The van der Waals surface area contributed by atoms with Gasteiger partial charge in [-0.3, -0.25) is 4.79 Å². The highest BCUT2D eigenvalue weighted by Gasteiger charge is 2.41. The van der Waals surface area contributed by atoms with Gasteiger partial charge in [0.15, 0.2) is 0 Å². The molecule has 0 aromatic heterocycles. The van der Waals surface area contributed by atoms with Gasteiger partial charge in [0.25, 0.3) is 0 Å². The van der Waals surface area contributed by atoms with Crippen LogP contribution in [0, 0.1) is 5.92 Å². The molecule has 0 spiro atoms. The number of sulfonamides is 1. The van der Waals surface area contributed by atoms with Gasteiger partial charge in [-0.1, -0.05) is 30.2 Å². The van der Waals surface area contributed by atoms with Gasteiger partial charge in [0.05, 0.1) is 5.02 Å². The lowest BCUT2D eigenvalue weighted by Crippen LogP contribution is -2.47. The number of halogens is 1. The van der Waals surface area contributed by atoms with Crippen LogP contribution in [0.2, 0.25) is 5.02 Å². The summed E-state index contributed by atoms with van der Waals surface area (Å²) in [5.74, 6) is 0.356. The van der Waals surface area contributed by atoms with E-state index in [0.717, 1.165) is 32.5 Å². The standard InChI is InChI=1S/C21H30ClN3O3S/c22-19-6-2-3-7-20(19)29(27,28)24-13-10-18(16-24)25(21(26)17-8-9-17)15-14-23-11-4-1-5-12-23/h2-3,6-7,17-18H,1,4-5,8-16H2. The van der Waals surface area contributed by atoms with Gasteiger partial charge in [0, 0.05) is 38.1 Å². The van der Waals surface area contributed by atoms with E-state index in [-0.39, 0.29) is 27.8 Å². The fourth-order valence-electron chi connectivity index (χ4n) is 4.45. The van der Waals surface area contributed by atoms with Crippen LogP contribution in [-0.2, 0) is 14.8 Å². The van der Waals surface area contributed by atoms with Crippen molar-refractivity contribution in [3.8, 4) is 0 Å². The zero-order valence-electron chi connectivity index (χ0n) is 16.8. The average Bonchev–Trinajstić information content (AvgIpc) is 3.46. The molecule has 1 atom stereocenters. The first-order chi connectivity index (χ1) is 14.0. The van der Waals surface area contributed by atoms with Crippen molar-refractivity contribution in [3.05, 3.63) is 29.3 Å². The molecule has 2 saturated heterocycles. The fourth-order valence-corrected chi connectivity index (χ4v) is 6.43. The molecule has 0 N–H and O–H groups in total. The first kappa shape index (κ1) is 21.1. The molecule has 160 valence electrons. The van der Waals surface area contributed by atoms with E-state index in [1.165, 1.54) is 23.6 Å². The number of hydrogen-bond acceptors (Lipinski definition) is 4. The zero-order chi connectivity index (χ0) is 20.4. The topological polar surface area (TPSA) is 60.9 Å². The molecule has 1 unspecified atom stereocenters. The molecule has 29 heavy (non-hydrogen) atoms.